The zero-order valence-electron chi connectivity index (χ0n) is 11.6. The molecule has 0 atom stereocenters. The minimum absolute atomic E-state index is 0.218. The second kappa shape index (κ2) is 8.70. The third kappa shape index (κ3) is 5.27. The van der Waals surface area contributed by atoms with E-state index < -0.39 is 0 Å². The molecule has 1 amide bonds. The van der Waals surface area contributed by atoms with E-state index in [0.29, 0.717) is 5.56 Å². The molecule has 0 saturated carbocycles. The molecule has 0 fully saturated rings. The van der Waals surface area contributed by atoms with Crippen LogP contribution in [0.15, 0.2) is 58.1 Å². The Kier molecular flexibility index (Phi) is 6.61. The van der Waals surface area contributed by atoms with E-state index in [0.717, 1.165) is 15.8 Å². The van der Waals surface area contributed by atoms with Crippen LogP contribution in [0.5, 0.6) is 0 Å². The van der Waals surface area contributed by atoms with Gasteiger partial charge < -0.3 is 0 Å². The molecule has 0 bridgehead atoms. The molecule has 1 N–H and O–H groups in total. The van der Waals surface area contributed by atoms with Crippen LogP contribution < -0.4 is 5.43 Å². The van der Waals surface area contributed by atoms with Crippen molar-refractivity contribution in [3.63, 3.8) is 0 Å². The number of thioether (sulfide) groups is 1. The third-order valence-corrected chi connectivity index (χ3v) is 4.50. The molecule has 22 heavy (non-hydrogen) atoms. The maximum absolute atomic E-state index is 13.3. The number of halogens is 2. The molecular formula is C16H14BrFN2OS. The molecule has 0 radical (unpaired) electrons. The molecule has 0 aliphatic heterocycles. The zero-order chi connectivity index (χ0) is 15.8. The van der Waals surface area contributed by atoms with Gasteiger partial charge in [0.1, 0.15) is 5.82 Å². The fourth-order valence-corrected chi connectivity index (χ4v) is 3.09. The van der Waals surface area contributed by atoms with Crippen molar-refractivity contribution in [2.45, 2.75) is 5.75 Å². The number of hydrogen-bond acceptors (Lipinski definition) is 3. The SMILES string of the molecule is O=C(CSCc1ccccc1Br)N/N=C\c1ccccc1F. The maximum atomic E-state index is 13.3. The molecule has 0 saturated heterocycles. The highest BCUT2D eigenvalue weighted by atomic mass is 79.9. The monoisotopic (exact) mass is 380 g/mol. The van der Waals surface area contributed by atoms with Gasteiger partial charge in [-0.15, -0.1) is 11.8 Å². The molecule has 0 aliphatic carbocycles. The van der Waals surface area contributed by atoms with Crippen LogP contribution in [0.25, 0.3) is 0 Å². The number of hydrogen-bond donors (Lipinski definition) is 1. The zero-order valence-corrected chi connectivity index (χ0v) is 14.0. The smallest absolute Gasteiger partial charge is 0.250 e. The highest BCUT2D eigenvalue weighted by molar-refractivity contribution is 9.10. The third-order valence-electron chi connectivity index (χ3n) is 2.75. The van der Waals surface area contributed by atoms with E-state index in [2.05, 4.69) is 26.5 Å². The first kappa shape index (κ1) is 16.7. The van der Waals surface area contributed by atoms with Crippen LogP contribution in [0.2, 0.25) is 0 Å². The summed E-state index contributed by atoms with van der Waals surface area (Å²) in [6.45, 7) is 0. The Hall–Kier alpha value is -1.66. The minimum atomic E-state index is -0.371. The Balaban J connectivity index is 1.75. The average Bonchev–Trinajstić information content (AvgIpc) is 2.51. The molecule has 3 nitrogen and oxygen atoms in total. The largest absolute Gasteiger partial charge is 0.272 e. The van der Waals surface area contributed by atoms with Gasteiger partial charge in [-0.3, -0.25) is 4.79 Å². The van der Waals surface area contributed by atoms with Crippen molar-refractivity contribution in [2.75, 3.05) is 5.75 Å². The summed E-state index contributed by atoms with van der Waals surface area (Å²) in [5, 5.41) is 3.76. The highest BCUT2D eigenvalue weighted by Crippen LogP contribution is 2.20. The number of benzene rings is 2. The summed E-state index contributed by atoms with van der Waals surface area (Å²) in [5.41, 5.74) is 3.86. The van der Waals surface area contributed by atoms with Crippen molar-refractivity contribution in [1.29, 1.82) is 0 Å². The highest BCUT2D eigenvalue weighted by Gasteiger charge is 2.03. The predicted molar refractivity (Wildman–Crippen MR) is 92.4 cm³/mol. The number of nitrogens with one attached hydrogen (secondary N) is 1. The van der Waals surface area contributed by atoms with Gasteiger partial charge in [-0.25, -0.2) is 9.82 Å². The number of rotatable bonds is 6. The Labute approximate surface area is 141 Å². The number of carbonyl (C=O) groups is 1. The summed E-state index contributed by atoms with van der Waals surface area (Å²) in [4.78, 5) is 11.6. The normalized spacial score (nSPS) is 10.8. The first-order chi connectivity index (χ1) is 10.7. The van der Waals surface area contributed by atoms with E-state index in [1.54, 1.807) is 18.2 Å². The van der Waals surface area contributed by atoms with Crippen LogP contribution in [0.1, 0.15) is 11.1 Å². The van der Waals surface area contributed by atoms with E-state index in [-0.39, 0.29) is 17.5 Å². The number of amides is 1. The van der Waals surface area contributed by atoms with E-state index in [9.17, 15) is 9.18 Å². The molecular weight excluding hydrogens is 367 g/mol. The minimum Gasteiger partial charge on any atom is -0.272 e. The summed E-state index contributed by atoms with van der Waals surface area (Å²) >= 11 is 4.95. The summed E-state index contributed by atoms with van der Waals surface area (Å²) in [5.74, 6) is 0.426. The average molecular weight is 381 g/mol. The number of hydrazone groups is 1. The fraction of sp³-hybridized carbons (Fsp3) is 0.125. The molecule has 6 heteroatoms. The van der Waals surface area contributed by atoms with Gasteiger partial charge in [-0.05, 0) is 17.7 Å². The summed E-state index contributed by atoms with van der Waals surface area (Å²) in [6, 6.07) is 14.1. The van der Waals surface area contributed by atoms with Crippen molar-refractivity contribution in [1.82, 2.24) is 5.43 Å². The Morgan fingerprint density at radius 2 is 1.95 bits per heavy atom. The van der Waals surface area contributed by atoms with Crippen molar-refractivity contribution in [2.24, 2.45) is 5.10 Å². The van der Waals surface area contributed by atoms with Crippen LogP contribution in [0.4, 0.5) is 4.39 Å². The van der Waals surface area contributed by atoms with Gasteiger partial charge in [0, 0.05) is 15.8 Å². The van der Waals surface area contributed by atoms with Gasteiger partial charge in [-0.1, -0.05) is 52.3 Å². The Bertz CT molecular complexity index is 679. The second-order valence-corrected chi connectivity index (χ2v) is 6.24. The maximum Gasteiger partial charge on any atom is 0.250 e. The summed E-state index contributed by atoms with van der Waals surface area (Å²) in [7, 11) is 0. The summed E-state index contributed by atoms with van der Waals surface area (Å²) < 4.78 is 14.4. The van der Waals surface area contributed by atoms with Crippen molar-refractivity contribution in [3.8, 4) is 0 Å². The van der Waals surface area contributed by atoms with Crippen LogP contribution >= 0.6 is 27.7 Å². The Morgan fingerprint density at radius 3 is 2.73 bits per heavy atom. The van der Waals surface area contributed by atoms with Gasteiger partial charge in [0.05, 0.1) is 12.0 Å². The van der Waals surface area contributed by atoms with Crippen molar-refractivity contribution in [3.05, 3.63) is 69.9 Å². The lowest BCUT2D eigenvalue weighted by atomic mass is 10.2. The molecule has 0 heterocycles. The van der Waals surface area contributed by atoms with Gasteiger partial charge in [0.25, 0.3) is 0 Å². The summed E-state index contributed by atoms with van der Waals surface area (Å²) in [6.07, 6.45) is 1.30. The lowest BCUT2D eigenvalue weighted by molar-refractivity contribution is -0.118. The molecule has 114 valence electrons. The van der Waals surface area contributed by atoms with Crippen LogP contribution in [-0.4, -0.2) is 17.9 Å². The molecule has 0 aromatic heterocycles. The quantitative estimate of drug-likeness (QED) is 0.608. The first-order valence-electron chi connectivity index (χ1n) is 6.54. The molecule has 0 unspecified atom stereocenters. The van der Waals surface area contributed by atoms with Gasteiger partial charge in [0.15, 0.2) is 0 Å². The van der Waals surface area contributed by atoms with Crippen LogP contribution in [0, 0.1) is 5.82 Å². The lowest BCUT2D eigenvalue weighted by Gasteiger charge is -2.03. The molecule has 0 spiro atoms. The lowest BCUT2D eigenvalue weighted by Crippen LogP contribution is -2.19. The molecule has 2 aromatic carbocycles. The van der Waals surface area contributed by atoms with Gasteiger partial charge in [-0.2, -0.15) is 5.10 Å². The van der Waals surface area contributed by atoms with Gasteiger partial charge >= 0.3 is 0 Å². The first-order valence-corrected chi connectivity index (χ1v) is 8.49. The van der Waals surface area contributed by atoms with Crippen molar-refractivity contribution >= 4 is 39.8 Å². The van der Waals surface area contributed by atoms with E-state index in [1.807, 2.05) is 24.3 Å². The number of carbonyl (C=O) groups excluding carboxylic acids is 1. The number of nitrogens with zero attached hydrogens (tertiary/aromatic N) is 1. The topological polar surface area (TPSA) is 41.5 Å². The van der Waals surface area contributed by atoms with E-state index >= 15 is 0 Å². The van der Waals surface area contributed by atoms with Crippen LogP contribution in [0.3, 0.4) is 0 Å². The predicted octanol–water partition coefficient (Wildman–Crippen LogP) is 3.97. The van der Waals surface area contributed by atoms with E-state index in [4.69, 9.17) is 0 Å². The molecule has 2 aromatic rings. The fourth-order valence-electron chi connectivity index (χ4n) is 1.66. The standard InChI is InChI=1S/C16H14BrFN2OS/c17-14-7-3-1-6-13(14)10-22-11-16(21)20-19-9-12-5-2-4-8-15(12)18/h1-9H,10-11H2,(H,20,21)/b19-9-. The van der Waals surface area contributed by atoms with Crippen LogP contribution in [-0.2, 0) is 10.5 Å². The Morgan fingerprint density at radius 1 is 1.23 bits per heavy atom. The molecule has 0 aliphatic rings. The van der Waals surface area contributed by atoms with Crippen molar-refractivity contribution < 1.29 is 9.18 Å². The van der Waals surface area contributed by atoms with E-state index in [1.165, 1.54) is 24.0 Å². The molecule has 2 rings (SSSR count). The van der Waals surface area contributed by atoms with Gasteiger partial charge in [0.2, 0.25) is 5.91 Å². The second-order valence-electron chi connectivity index (χ2n) is 4.40.